The average molecular weight is 496 g/mol. The smallest absolute Gasteiger partial charge is 0.233 e. The number of carbonyl (C=O) groups excluding carboxylic acids is 1. The van der Waals surface area contributed by atoms with Gasteiger partial charge in [-0.15, -0.1) is 21.5 Å². The molecular weight excluding hydrogens is 474 g/mol. The van der Waals surface area contributed by atoms with Crippen LogP contribution in [-0.2, 0) is 11.3 Å². The normalized spacial score (nSPS) is 14.6. The predicted octanol–water partition coefficient (Wildman–Crippen LogP) is 4.44. The van der Waals surface area contributed by atoms with Crippen LogP contribution in [-0.4, -0.2) is 64.9 Å². The Kier molecular flexibility index (Phi) is 7.67. The van der Waals surface area contributed by atoms with Crippen LogP contribution in [0.15, 0.2) is 40.7 Å². The number of nitrogens with one attached hydrogen (secondary N) is 1. The SMILES string of the molecule is COc1ccc(Nc2nnc(SCC(=O)N3CCN(Cc4ccc(Cl)s4)CC3)s2)cc1. The summed E-state index contributed by atoms with van der Waals surface area (Å²) in [5, 5.41) is 12.3. The molecule has 0 spiro atoms. The molecule has 0 bridgehead atoms. The van der Waals surface area contributed by atoms with Crippen molar-refractivity contribution in [2.24, 2.45) is 0 Å². The van der Waals surface area contributed by atoms with Crippen molar-refractivity contribution >= 4 is 62.8 Å². The van der Waals surface area contributed by atoms with E-state index in [2.05, 4.69) is 26.5 Å². The van der Waals surface area contributed by atoms with Gasteiger partial charge in [-0.2, -0.15) is 0 Å². The van der Waals surface area contributed by atoms with Gasteiger partial charge in [-0.1, -0.05) is 34.7 Å². The van der Waals surface area contributed by atoms with Crippen molar-refractivity contribution in [3.05, 3.63) is 45.6 Å². The lowest BCUT2D eigenvalue weighted by molar-refractivity contribution is -0.130. The van der Waals surface area contributed by atoms with Crippen LogP contribution in [0.5, 0.6) is 5.75 Å². The highest BCUT2D eigenvalue weighted by atomic mass is 35.5. The summed E-state index contributed by atoms with van der Waals surface area (Å²) >= 11 is 10.5. The number of benzene rings is 1. The molecule has 0 radical (unpaired) electrons. The largest absolute Gasteiger partial charge is 0.497 e. The Bertz CT molecular complexity index is 1000. The molecule has 1 saturated heterocycles. The Morgan fingerprint density at radius 2 is 1.90 bits per heavy atom. The highest BCUT2D eigenvalue weighted by Crippen LogP contribution is 2.28. The summed E-state index contributed by atoms with van der Waals surface area (Å²) in [7, 11) is 1.64. The van der Waals surface area contributed by atoms with Gasteiger partial charge in [0.25, 0.3) is 0 Å². The van der Waals surface area contributed by atoms with Gasteiger partial charge in [-0.05, 0) is 36.4 Å². The monoisotopic (exact) mass is 495 g/mol. The van der Waals surface area contributed by atoms with Gasteiger partial charge in [-0.3, -0.25) is 9.69 Å². The summed E-state index contributed by atoms with van der Waals surface area (Å²) in [6.45, 7) is 4.14. The minimum absolute atomic E-state index is 0.142. The second-order valence-electron chi connectivity index (χ2n) is 6.88. The number of methoxy groups -OCH3 is 1. The van der Waals surface area contributed by atoms with Crippen molar-refractivity contribution < 1.29 is 9.53 Å². The van der Waals surface area contributed by atoms with Crippen molar-refractivity contribution in [1.82, 2.24) is 20.0 Å². The molecular formula is C20H22ClN5O2S3. The lowest BCUT2D eigenvalue weighted by Crippen LogP contribution is -2.48. The minimum Gasteiger partial charge on any atom is -0.497 e. The van der Waals surface area contributed by atoms with Gasteiger partial charge < -0.3 is 15.0 Å². The Morgan fingerprint density at radius 1 is 1.13 bits per heavy atom. The Labute approximate surface area is 198 Å². The number of hydrogen-bond acceptors (Lipinski definition) is 9. The lowest BCUT2D eigenvalue weighted by atomic mass is 10.3. The molecule has 3 heterocycles. The van der Waals surface area contributed by atoms with Gasteiger partial charge in [0.1, 0.15) is 5.75 Å². The molecule has 1 aliphatic heterocycles. The fraction of sp³-hybridized carbons (Fsp3) is 0.350. The fourth-order valence-electron chi connectivity index (χ4n) is 3.14. The molecule has 164 valence electrons. The predicted molar refractivity (Wildman–Crippen MR) is 128 cm³/mol. The van der Waals surface area contributed by atoms with E-state index in [1.54, 1.807) is 18.4 Å². The zero-order valence-electron chi connectivity index (χ0n) is 16.9. The molecule has 31 heavy (non-hydrogen) atoms. The molecule has 0 unspecified atom stereocenters. The third-order valence-electron chi connectivity index (χ3n) is 4.80. The number of piperazine rings is 1. The minimum atomic E-state index is 0.142. The molecule has 0 aliphatic carbocycles. The fourth-order valence-corrected chi connectivity index (χ4v) is 5.95. The summed E-state index contributed by atoms with van der Waals surface area (Å²) in [6.07, 6.45) is 0. The molecule has 1 amide bonds. The molecule has 1 aliphatic rings. The summed E-state index contributed by atoms with van der Waals surface area (Å²) in [4.78, 5) is 18.2. The van der Waals surface area contributed by atoms with Gasteiger partial charge in [0.2, 0.25) is 11.0 Å². The summed E-state index contributed by atoms with van der Waals surface area (Å²) in [6, 6.07) is 11.6. The second-order valence-corrected chi connectivity index (χ2v) is 10.9. The van der Waals surface area contributed by atoms with Gasteiger partial charge in [0, 0.05) is 43.3 Å². The molecule has 0 saturated carbocycles. The third kappa shape index (κ3) is 6.33. The van der Waals surface area contributed by atoms with E-state index in [1.807, 2.05) is 35.2 Å². The number of nitrogens with zero attached hydrogens (tertiary/aromatic N) is 4. The van der Waals surface area contributed by atoms with E-state index in [-0.39, 0.29) is 5.91 Å². The van der Waals surface area contributed by atoms with E-state index in [0.29, 0.717) is 10.9 Å². The Hall–Kier alpha value is -1.85. The molecule has 4 rings (SSSR count). The van der Waals surface area contributed by atoms with Crippen molar-refractivity contribution in [2.45, 2.75) is 10.9 Å². The number of aromatic nitrogens is 2. The highest BCUT2D eigenvalue weighted by molar-refractivity contribution is 8.01. The van der Waals surface area contributed by atoms with Crippen molar-refractivity contribution in [3.63, 3.8) is 0 Å². The van der Waals surface area contributed by atoms with Gasteiger partial charge in [0.15, 0.2) is 4.34 Å². The van der Waals surface area contributed by atoms with Crippen molar-refractivity contribution in [3.8, 4) is 5.75 Å². The lowest BCUT2D eigenvalue weighted by Gasteiger charge is -2.34. The summed E-state index contributed by atoms with van der Waals surface area (Å²) in [5.41, 5.74) is 0.910. The number of ether oxygens (including phenoxy) is 1. The van der Waals surface area contributed by atoms with Crippen LogP contribution < -0.4 is 10.1 Å². The number of hydrogen-bond donors (Lipinski definition) is 1. The number of rotatable bonds is 8. The Morgan fingerprint density at radius 3 is 2.58 bits per heavy atom. The van der Waals surface area contributed by atoms with Crippen LogP contribution in [0.25, 0.3) is 0 Å². The number of thioether (sulfide) groups is 1. The molecule has 2 aromatic heterocycles. The van der Waals surface area contributed by atoms with Crippen LogP contribution in [0.3, 0.4) is 0 Å². The van der Waals surface area contributed by atoms with E-state index in [0.717, 1.165) is 52.8 Å². The van der Waals surface area contributed by atoms with Crippen LogP contribution >= 0.6 is 46.0 Å². The van der Waals surface area contributed by atoms with Gasteiger partial charge >= 0.3 is 0 Å². The van der Waals surface area contributed by atoms with Crippen LogP contribution in [0.4, 0.5) is 10.8 Å². The number of halogens is 1. The number of carbonyl (C=O) groups is 1. The molecule has 3 aromatic rings. The number of amides is 1. The molecule has 11 heteroatoms. The number of thiophene rings is 1. The summed E-state index contributed by atoms with van der Waals surface area (Å²) < 4.78 is 6.76. The topological polar surface area (TPSA) is 70.6 Å². The first-order chi connectivity index (χ1) is 15.1. The first kappa shape index (κ1) is 22.3. The maximum atomic E-state index is 12.6. The van der Waals surface area contributed by atoms with E-state index in [1.165, 1.54) is 28.0 Å². The van der Waals surface area contributed by atoms with Gasteiger partial charge in [-0.25, -0.2) is 0 Å². The van der Waals surface area contributed by atoms with E-state index >= 15 is 0 Å². The quantitative estimate of drug-likeness (QED) is 0.463. The molecule has 1 aromatic carbocycles. The van der Waals surface area contributed by atoms with Crippen molar-refractivity contribution in [2.75, 3.05) is 44.4 Å². The molecule has 1 fully saturated rings. The van der Waals surface area contributed by atoms with E-state index < -0.39 is 0 Å². The van der Waals surface area contributed by atoms with Crippen LogP contribution in [0.1, 0.15) is 4.88 Å². The molecule has 1 N–H and O–H groups in total. The Balaban J connectivity index is 1.20. The standard InChI is InChI=1S/C20H22ClN5O2S3/c1-28-15-4-2-14(3-5-15)22-19-23-24-20(31-19)29-13-18(27)26-10-8-25(9-11-26)12-16-6-7-17(21)30-16/h2-7H,8-13H2,1H3,(H,22,23). The number of anilines is 2. The maximum absolute atomic E-state index is 12.6. The first-order valence-corrected chi connectivity index (χ1v) is 12.7. The first-order valence-electron chi connectivity index (χ1n) is 9.71. The van der Waals surface area contributed by atoms with Crippen LogP contribution in [0.2, 0.25) is 4.34 Å². The molecule has 0 atom stereocenters. The maximum Gasteiger partial charge on any atom is 0.233 e. The van der Waals surface area contributed by atoms with E-state index in [4.69, 9.17) is 16.3 Å². The third-order valence-corrected chi connectivity index (χ3v) is 7.97. The zero-order valence-corrected chi connectivity index (χ0v) is 20.1. The van der Waals surface area contributed by atoms with Crippen molar-refractivity contribution in [1.29, 1.82) is 0 Å². The highest BCUT2D eigenvalue weighted by Gasteiger charge is 2.22. The average Bonchev–Trinajstić information content (AvgIpc) is 3.41. The second kappa shape index (κ2) is 10.6. The van der Waals surface area contributed by atoms with Gasteiger partial charge in [0.05, 0.1) is 17.2 Å². The van der Waals surface area contributed by atoms with E-state index in [9.17, 15) is 4.79 Å². The molecule has 7 nitrogen and oxygen atoms in total. The van der Waals surface area contributed by atoms with Crippen LogP contribution in [0, 0.1) is 0 Å². The zero-order chi connectivity index (χ0) is 21.6. The summed E-state index contributed by atoms with van der Waals surface area (Å²) in [5.74, 6) is 1.32.